The van der Waals surface area contributed by atoms with Crippen LogP contribution in [0, 0.1) is 13.8 Å². The third-order valence-electron chi connectivity index (χ3n) is 3.17. The number of carbonyl (C=O) groups excluding carboxylic acids is 1. The molecule has 0 spiro atoms. The summed E-state index contributed by atoms with van der Waals surface area (Å²) in [4.78, 5) is 11.2. The minimum Gasteiger partial charge on any atom is -0.497 e. The lowest BCUT2D eigenvalue weighted by Crippen LogP contribution is -1.94. The molecule has 0 N–H and O–H groups in total. The van der Waals surface area contributed by atoms with Crippen molar-refractivity contribution >= 4 is 6.29 Å². The number of rotatable bonds is 3. The van der Waals surface area contributed by atoms with E-state index in [1.165, 1.54) is 0 Å². The Balaban J connectivity index is 2.72. The van der Waals surface area contributed by atoms with Crippen molar-refractivity contribution < 1.29 is 9.53 Å². The standard InChI is InChI=1S/C14H16N2O2/c1-9-14(10(2)16(3)15-9)13-7-12(18-4)6-5-11(13)8-17/h5-8H,1-4H3. The largest absolute Gasteiger partial charge is 0.497 e. The molecule has 1 aromatic carbocycles. The fourth-order valence-corrected chi connectivity index (χ4v) is 2.15. The van der Waals surface area contributed by atoms with Gasteiger partial charge in [-0.2, -0.15) is 5.10 Å². The molecule has 0 aliphatic carbocycles. The van der Waals surface area contributed by atoms with Gasteiger partial charge in [0.05, 0.1) is 12.8 Å². The van der Waals surface area contributed by atoms with Gasteiger partial charge in [-0.1, -0.05) is 0 Å². The zero-order valence-electron chi connectivity index (χ0n) is 11.0. The average molecular weight is 244 g/mol. The number of aromatic nitrogens is 2. The Bertz CT molecular complexity index is 600. The van der Waals surface area contributed by atoms with Crippen molar-refractivity contribution in [1.82, 2.24) is 9.78 Å². The van der Waals surface area contributed by atoms with Crippen LogP contribution < -0.4 is 4.74 Å². The Morgan fingerprint density at radius 2 is 2.06 bits per heavy atom. The lowest BCUT2D eigenvalue weighted by molar-refractivity contribution is 0.112. The van der Waals surface area contributed by atoms with Crippen LogP contribution in [0.5, 0.6) is 5.75 Å². The van der Waals surface area contributed by atoms with Gasteiger partial charge in [0.25, 0.3) is 0 Å². The van der Waals surface area contributed by atoms with Crippen LogP contribution in [-0.4, -0.2) is 23.2 Å². The fraction of sp³-hybridized carbons (Fsp3) is 0.286. The molecule has 0 atom stereocenters. The van der Waals surface area contributed by atoms with Crippen LogP contribution in [-0.2, 0) is 7.05 Å². The van der Waals surface area contributed by atoms with Gasteiger partial charge in [-0.05, 0) is 37.6 Å². The maximum absolute atomic E-state index is 11.2. The minimum absolute atomic E-state index is 0.648. The Labute approximate surface area is 106 Å². The van der Waals surface area contributed by atoms with Gasteiger partial charge in [0.1, 0.15) is 5.75 Å². The Kier molecular flexibility index (Phi) is 3.19. The second kappa shape index (κ2) is 4.64. The number of ether oxygens (including phenoxy) is 1. The molecular weight excluding hydrogens is 228 g/mol. The van der Waals surface area contributed by atoms with E-state index in [1.54, 1.807) is 19.2 Å². The molecule has 0 aliphatic heterocycles. The van der Waals surface area contributed by atoms with Crippen molar-refractivity contribution in [3.8, 4) is 16.9 Å². The van der Waals surface area contributed by atoms with E-state index in [9.17, 15) is 4.79 Å². The molecule has 0 fully saturated rings. The highest BCUT2D eigenvalue weighted by Crippen LogP contribution is 2.31. The average Bonchev–Trinajstić information content (AvgIpc) is 2.62. The molecule has 0 bridgehead atoms. The molecule has 0 saturated heterocycles. The summed E-state index contributed by atoms with van der Waals surface area (Å²) in [5.41, 5.74) is 4.45. The van der Waals surface area contributed by atoms with Crippen LogP contribution in [0.3, 0.4) is 0 Å². The van der Waals surface area contributed by atoms with Crippen molar-refractivity contribution in [3.05, 3.63) is 35.2 Å². The van der Waals surface area contributed by atoms with E-state index in [0.717, 1.165) is 34.6 Å². The summed E-state index contributed by atoms with van der Waals surface area (Å²) in [6, 6.07) is 5.43. The molecule has 4 nitrogen and oxygen atoms in total. The molecule has 2 aromatic rings. The Hall–Kier alpha value is -2.10. The zero-order valence-corrected chi connectivity index (χ0v) is 11.0. The predicted molar refractivity (Wildman–Crippen MR) is 70.1 cm³/mol. The second-order valence-corrected chi connectivity index (χ2v) is 4.24. The monoisotopic (exact) mass is 244 g/mol. The highest BCUT2D eigenvalue weighted by atomic mass is 16.5. The molecule has 1 aromatic heterocycles. The maximum Gasteiger partial charge on any atom is 0.150 e. The van der Waals surface area contributed by atoms with E-state index in [4.69, 9.17) is 4.74 Å². The predicted octanol–water partition coefficient (Wildman–Crippen LogP) is 2.53. The van der Waals surface area contributed by atoms with Crippen LogP contribution in [0.2, 0.25) is 0 Å². The van der Waals surface area contributed by atoms with Crippen molar-refractivity contribution in [2.75, 3.05) is 7.11 Å². The number of methoxy groups -OCH3 is 1. The number of aldehydes is 1. The molecular formula is C14H16N2O2. The van der Waals surface area contributed by atoms with Gasteiger partial charge in [-0.3, -0.25) is 9.48 Å². The number of hydrogen-bond donors (Lipinski definition) is 0. The molecule has 4 heteroatoms. The molecule has 1 heterocycles. The number of carbonyl (C=O) groups is 1. The lowest BCUT2D eigenvalue weighted by atomic mass is 9.98. The normalized spacial score (nSPS) is 10.4. The first-order valence-corrected chi connectivity index (χ1v) is 5.72. The molecule has 0 amide bonds. The maximum atomic E-state index is 11.2. The van der Waals surface area contributed by atoms with Crippen molar-refractivity contribution in [1.29, 1.82) is 0 Å². The highest BCUT2D eigenvalue weighted by Gasteiger charge is 2.15. The van der Waals surface area contributed by atoms with E-state index in [-0.39, 0.29) is 0 Å². The minimum atomic E-state index is 0.648. The molecule has 0 aliphatic rings. The first kappa shape index (κ1) is 12.4. The molecule has 94 valence electrons. The van der Waals surface area contributed by atoms with E-state index >= 15 is 0 Å². The first-order chi connectivity index (χ1) is 8.58. The van der Waals surface area contributed by atoms with Crippen LogP contribution in [0.25, 0.3) is 11.1 Å². The quantitative estimate of drug-likeness (QED) is 0.779. The molecule has 18 heavy (non-hydrogen) atoms. The van der Waals surface area contributed by atoms with E-state index in [2.05, 4.69) is 5.10 Å². The van der Waals surface area contributed by atoms with Crippen LogP contribution in [0.1, 0.15) is 21.7 Å². The summed E-state index contributed by atoms with van der Waals surface area (Å²) in [6.45, 7) is 3.93. The van der Waals surface area contributed by atoms with Crippen LogP contribution >= 0.6 is 0 Å². The van der Waals surface area contributed by atoms with Gasteiger partial charge in [0, 0.05) is 23.9 Å². The number of benzene rings is 1. The highest BCUT2D eigenvalue weighted by molar-refractivity contribution is 5.89. The van der Waals surface area contributed by atoms with Crippen LogP contribution in [0.15, 0.2) is 18.2 Å². The SMILES string of the molecule is COc1ccc(C=O)c(-c2c(C)nn(C)c2C)c1. The van der Waals surface area contributed by atoms with E-state index in [1.807, 2.05) is 31.6 Å². The van der Waals surface area contributed by atoms with Gasteiger partial charge in [-0.15, -0.1) is 0 Å². The smallest absolute Gasteiger partial charge is 0.150 e. The van der Waals surface area contributed by atoms with Gasteiger partial charge in [-0.25, -0.2) is 0 Å². The second-order valence-electron chi connectivity index (χ2n) is 4.24. The molecule has 0 radical (unpaired) electrons. The summed E-state index contributed by atoms with van der Waals surface area (Å²) in [7, 11) is 3.51. The van der Waals surface area contributed by atoms with E-state index < -0.39 is 0 Å². The molecule has 0 unspecified atom stereocenters. The molecule has 0 saturated carbocycles. The van der Waals surface area contributed by atoms with Gasteiger partial charge >= 0.3 is 0 Å². The zero-order chi connectivity index (χ0) is 13.3. The van der Waals surface area contributed by atoms with Crippen molar-refractivity contribution in [3.63, 3.8) is 0 Å². The fourth-order valence-electron chi connectivity index (χ4n) is 2.15. The third-order valence-corrected chi connectivity index (χ3v) is 3.17. The summed E-state index contributed by atoms with van der Waals surface area (Å²) in [5, 5.41) is 4.38. The summed E-state index contributed by atoms with van der Waals surface area (Å²) < 4.78 is 7.04. The van der Waals surface area contributed by atoms with Gasteiger partial charge in [0.15, 0.2) is 6.29 Å². The third kappa shape index (κ3) is 1.90. The summed E-state index contributed by atoms with van der Waals surface area (Å²) >= 11 is 0. The number of nitrogens with zero attached hydrogens (tertiary/aromatic N) is 2. The van der Waals surface area contributed by atoms with Crippen LogP contribution in [0.4, 0.5) is 0 Å². The summed E-state index contributed by atoms with van der Waals surface area (Å²) in [6.07, 6.45) is 0.862. The first-order valence-electron chi connectivity index (χ1n) is 5.72. The Morgan fingerprint density at radius 3 is 2.56 bits per heavy atom. The van der Waals surface area contributed by atoms with Crippen molar-refractivity contribution in [2.24, 2.45) is 7.05 Å². The van der Waals surface area contributed by atoms with Gasteiger partial charge < -0.3 is 4.74 Å². The topological polar surface area (TPSA) is 44.1 Å². The number of aryl methyl sites for hydroxylation is 2. The lowest BCUT2D eigenvalue weighted by Gasteiger charge is -2.08. The Morgan fingerprint density at radius 1 is 1.33 bits per heavy atom. The van der Waals surface area contributed by atoms with Crippen molar-refractivity contribution in [2.45, 2.75) is 13.8 Å². The number of hydrogen-bond acceptors (Lipinski definition) is 3. The molecule has 2 rings (SSSR count). The summed E-state index contributed by atoms with van der Waals surface area (Å²) in [5.74, 6) is 0.734. The van der Waals surface area contributed by atoms with E-state index in [0.29, 0.717) is 5.56 Å². The van der Waals surface area contributed by atoms with Gasteiger partial charge in [0.2, 0.25) is 0 Å².